The first-order valence-corrected chi connectivity index (χ1v) is 21.4. The highest BCUT2D eigenvalue weighted by Gasteiger charge is 2.57. The van der Waals surface area contributed by atoms with E-state index in [1.54, 1.807) is 0 Å². The van der Waals surface area contributed by atoms with Crippen LogP contribution in [0.15, 0.2) is 0 Å². The van der Waals surface area contributed by atoms with E-state index < -0.39 is 217 Å². The Bertz CT molecular complexity index is 1490. The number of hydrogen-bond acceptors (Lipinski definition) is 29. The Morgan fingerprint density at radius 3 is 1.14 bits per heavy atom. The van der Waals surface area contributed by atoms with Crippen molar-refractivity contribution >= 4 is 0 Å². The van der Waals surface area contributed by atoms with Crippen molar-refractivity contribution in [3.05, 3.63) is 0 Å². The molecule has 0 amide bonds. The van der Waals surface area contributed by atoms with Crippen molar-refractivity contribution in [1.29, 1.82) is 0 Å². The van der Waals surface area contributed by atoms with E-state index in [4.69, 9.17) is 42.6 Å². The molecule has 20 N–H and O–H groups in total. The summed E-state index contributed by atoms with van der Waals surface area (Å²) < 4.78 is 50.5. The van der Waals surface area contributed by atoms with E-state index in [9.17, 15) is 97.0 Å². The smallest absolute Gasteiger partial charge is 0.187 e. The monoisotopic (exact) mass is 971 g/mol. The summed E-state index contributed by atoms with van der Waals surface area (Å²) in [5, 5.41) is 204. The second-order valence-corrected chi connectivity index (χ2v) is 17.4. The standard InChI is InChI=1S/C37H65NO28/c1-8-15(38-16-17(45)9(2-39)18(46)22(50)21(16)49)20(48)26(54)34(59-8)64-31-12(4-41)61-36(28(56)23(31)51)66-33-14(6-43)62-37(29(57)25(33)53)65-32-13(5-42)60-35(27(55)24(32)52)63-30-11(3-40)58-7-10(44)19(30)47/h8-57H,2-7H2,1H3. The number of hydrogen-bond donors (Lipinski definition) is 20. The zero-order valence-corrected chi connectivity index (χ0v) is 35.2. The first-order valence-electron chi connectivity index (χ1n) is 21.4. The third-order valence-electron chi connectivity index (χ3n) is 13.1. The Hall–Kier alpha value is -1.16. The van der Waals surface area contributed by atoms with Crippen LogP contribution in [0.1, 0.15) is 6.92 Å². The van der Waals surface area contributed by atoms with Gasteiger partial charge in [-0.2, -0.15) is 0 Å². The topological polar surface area (TPSA) is 479 Å². The van der Waals surface area contributed by atoms with Crippen molar-refractivity contribution in [2.75, 3.05) is 39.6 Å². The normalized spacial score (nSPS) is 54.0. The molecule has 0 radical (unpaired) electrons. The van der Waals surface area contributed by atoms with Gasteiger partial charge in [0.05, 0.1) is 70.0 Å². The molecule has 386 valence electrons. The molecule has 30 atom stereocenters. The number of nitrogens with one attached hydrogen (secondary N) is 1. The molecule has 0 bridgehead atoms. The molecule has 0 aromatic heterocycles. The number of ether oxygens (including phenoxy) is 9. The highest BCUT2D eigenvalue weighted by molar-refractivity contribution is 5.06. The second kappa shape index (κ2) is 22.9. The van der Waals surface area contributed by atoms with Gasteiger partial charge in [-0.3, -0.25) is 0 Å². The van der Waals surface area contributed by atoms with Crippen molar-refractivity contribution in [2.45, 2.75) is 185 Å². The summed E-state index contributed by atoms with van der Waals surface area (Å²) in [4.78, 5) is 0. The highest BCUT2D eigenvalue weighted by Crippen LogP contribution is 2.36. The van der Waals surface area contributed by atoms with Crippen molar-refractivity contribution in [2.24, 2.45) is 5.92 Å². The third-order valence-corrected chi connectivity index (χ3v) is 13.1. The summed E-state index contributed by atoms with van der Waals surface area (Å²) in [5.74, 6) is -1.30. The molecule has 29 heteroatoms. The average Bonchev–Trinajstić information content (AvgIpc) is 3.30. The Labute approximate surface area is 375 Å². The first-order chi connectivity index (χ1) is 31.2. The molecule has 5 aliphatic heterocycles. The van der Waals surface area contributed by atoms with Crippen LogP contribution in [0.2, 0.25) is 0 Å². The minimum absolute atomic E-state index is 0.349. The van der Waals surface area contributed by atoms with Gasteiger partial charge in [0.15, 0.2) is 25.2 Å². The van der Waals surface area contributed by atoms with Gasteiger partial charge in [0.2, 0.25) is 0 Å². The lowest BCUT2D eigenvalue weighted by molar-refractivity contribution is -0.389. The maximum atomic E-state index is 11.2. The fourth-order valence-corrected chi connectivity index (χ4v) is 9.15. The molecule has 1 aliphatic carbocycles. The van der Waals surface area contributed by atoms with Crippen LogP contribution < -0.4 is 5.32 Å². The molecule has 6 fully saturated rings. The van der Waals surface area contributed by atoms with Gasteiger partial charge in [-0.25, -0.2) is 0 Å². The molecule has 0 aromatic carbocycles. The van der Waals surface area contributed by atoms with E-state index in [1.807, 2.05) is 0 Å². The largest absolute Gasteiger partial charge is 0.396 e. The average molecular weight is 972 g/mol. The van der Waals surface area contributed by atoms with E-state index in [0.29, 0.717) is 0 Å². The summed E-state index contributed by atoms with van der Waals surface area (Å²) in [5.41, 5.74) is 0. The van der Waals surface area contributed by atoms with Crippen molar-refractivity contribution in [3.8, 4) is 0 Å². The van der Waals surface area contributed by atoms with Gasteiger partial charge in [0, 0.05) is 5.92 Å². The first kappa shape index (κ1) is 54.2. The summed E-state index contributed by atoms with van der Waals surface area (Å²) in [7, 11) is 0. The van der Waals surface area contributed by atoms with Crippen LogP contribution in [0.3, 0.4) is 0 Å². The minimum Gasteiger partial charge on any atom is -0.396 e. The van der Waals surface area contributed by atoms with Gasteiger partial charge >= 0.3 is 0 Å². The highest BCUT2D eigenvalue weighted by atomic mass is 16.8. The van der Waals surface area contributed by atoms with Crippen LogP contribution in [0.4, 0.5) is 0 Å². The molecule has 6 rings (SSSR count). The Balaban J connectivity index is 1.06. The molecule has 0 aromatic rings. The predicted octanol–water partition coefficient (Wildman–Crippen LogP) is -13.2. The molecule has 1 saturated carbocycles. The lowest BCUT2D eigenvalue weighted by Crippen LogP contribution is -2.72. The van der Waals surface area contributed by atoms with Gasteiger partial charge in [-0.05, 0) is 6.92 Å². The third kappa shape index (κ3) is 10.7. The molecule has 29 nitrogen and oxygen atoms in total. The van der Waals surface area contributed by atoms with Crippen LogP contribution in [-0.2, 0) is 42.6 Å². The Morgan fingerprint density at radius 1 is 0.379 bits per heavy atom. The van der Waals surface area contributed by atoms with Crippen molar-refractivity contribution in [3.63, 3.8) is 0 Å². The summed E-state index contributed by atoms with van der Waals surface area (Å²) in [6, 6.07) is -2.75. The molecule has 66 heavy (non-hydrogen) atoms. The van der Waals surface area contributed by atoms with E-state index in [-0.39, 0.29) is 6.61 Å². The molecule has 5 heterocycles. The maximum absolute atomic E-state index is 11.2. The Kier molecular flexibility index (Phi) is 18.8. The maximum Gasteiger partial charge on any atom is 0.187 e. The fraction of sp³-hybridized carbons (Fsp3) is 1.00. The van der Waals surface area contributed by atoms with E-state index in [0.717, 1.165) is 0 Å². The number of aliphatic hydroxyl groups excluding tert-OH is 19. The van der Waals surface area contributed by atoms with Gasteiger partial charge in [0.25, 0.3) is 0 Å². The summed E-state index contributed by atoms with van der Waals surface area (Å²) in [6.07, 6.45) is -47.7. The van der Waals surface area contributed by atoms with Crippen molar-refractivity contribution in [1.82, 2.24) is 5.32 Å². The van der Waals surface area contributed by atoms with Gasteiger partial charge < -0.3 is 145 Å². The van der Waals surface area contributed by atoms with Crippen LogP contribution in [0, 0.1) is 5.92 Å². The molecule has 5 saturated heterocycles. The molecule has 6 aliphatic rings. The quantitative estimate of drug-likeness (QED) is 0.0724. The van der Waals surface area contributed by atoms with Crippen LogP contribution in [0.25, 0.3) is 0 Å². The van der Waals surface area contributed by atoms with Crippen molar-refractivity contribution < 1.29 is 140 Å². The van der Waals surface area contributed by atoms with Gasteiger partial charge in [0.1, 0.15) is 122 Å². The Morgan fingerprint density at radius 2 is 0.742 bits per heavy atom. The molecular formula is C37H65NO28. The zero-order valence-electron chi connectivity index (χ0n) is 35.2. The van der Waals surface area contributed by atoms with Crippen LogP contribution in [0.5, 0.6) is 0 Å². The van der Waals surface area contributed by atoms with E-state index in [2.05, 4.69) is 5.32 Å². The van der Waals surface area contributed by atoms with Gasteiger partial charge in [-0.15, -0.1) is 0 Å². The molecule has 30 unspecified atom stereocenters. The number of aliphatic hydroxyl groups is 19. The summed E-state index contributed by atoms with van der Waals surface area (Å²) >= 11 is 0. The zero-order chi connectivity index (χ0) is 48.6. The minimum atomic E-state index is -2.12. The molecular weight excluding hydrogens is 906 g/mol. The van der Waals surface area contributed by atoms with E-state index >= 15 is 0 Å². The number of rotatable bonds is 15. The lowest BCUT2D eigenvalue weighted by atomic mass is 9.76. The van der Waals surface area contributed by atoms with E-state index in [1.165, 1.54) is 6.92 Å². The van der Waals surface area contributed by atoms with Crippen LogP contribution >= 0.6 is 0 Å². The van der Waals surface area contributed by atoms with Gasteiger partial charge in [-0.1, -0.05) is 0 Å². The SMILES string of the molecule is CC1OC(OC2C(CO)OC(OC3C(CO)OC(OC4C(CO)OC(OC5C(CO)OCC(O)C5O)C(O)C4O)C(O)C3O)C(O)C2O)C(O)C(O)C1NC1C(O)C(O)C(O)C(CO)C1O. The summed E-state index contributed by atoms with van der Waals surface area (Å²) in [6.45, 7) is -3.30. The van der Waals surface area contributed by atoms with Crippen LogP contribution in [-0.4, -0.2) is 314 Å². The predicted molar refractivity (Wildman–Crippen MR) is 203 cm³/mol. The fourth-order valence-electron chi connectivity index (χ4n) is 9.15. The lowest BCUT2D eigenvalue weighted by Gasteiger charge is -2.50. The molecule has 0 spiro atoms. The second-order valence-electron chi connectivity index (χ2n) is 17.4.